The number of fused-ring (bicyclic) bond motifs is 2. The van der Waals surface area contributed by atoms with Gasteiger partial charge in [0.2, 0.25) is 11.9 Å². The molecule has 0 aliphatic rings. The molecule has 2 heterocycles. The summed E-state index contributed by atoms with van der Waals surface area (Å²) in [4.78, 5) is 33.6. The molecule has 2 aromatic carbocycles. The van der Waals surface area contributed by atoms with Crippen LogP contribution in [0.15, 0.2) is 72.8 Å². The molecule has 5 nitrogen and oxygen atoms in total. The lowest BCUT2D eigenvalue weighted by Crippen LogP contribution is -2.21. The van der Waals surface area contributed by atoms with Crippen molar-refractivity contribution in [1.29, 1.82) is 0 Å². The molecule has 0 bridgehead atoms. The van der Waals surface area contributed by atoms with Gasteiger partial charge in [0.05, 0.1) is 16.7 Å². The maximum atomic E-state index is 13.1. The van der Waals surface area contributed by atoms with Crippen molar-refractivity contribution in [3.8, 4) is 0 Å². The summed E-state index contributed by atoms with van der Waals surface area (Å²) in [6, 6.07) is 22.1. The van der Waals surface area contributed by atoms with Crippen molar-refractivity contribution in [1.82, 2.24) is 9.97 Å². The van der Waals surface area contributed by atoms with Crippen molar-refractivity contribution in [2.45, 2.75) is 13.0 Å². The molecule has 0 spiro atoms. The van der Waals surface area contributed by atoms with Gasteiger partial charge in [0.25, 0.3) is 0 Å². The van der Waals surface area contributed by atoms with Crippen LogP contribution in [0.3, 0.4) is 0 Å². The van der Waals surface area contributed by atoms with E-state index in [9.17, 15) is 9.59 Å². The lowest BCUT2D eigenvalue weighted by atomic mass is 10.1. The first kappa shape index (κ1) is 16.8. The highest BCUT2D eigenvalue weighted by atomic mass is 16.5. The topological polar surface area (TPSA) is 69.2 Å². The summed E-state index contributed by atoms with van der Waals surface area (Å²) in [7, 11) is 0. The van der Waals surface area contributed by atoms with Crippen LogP contribution in [0.25, 0.3) is 21.8 Å². The number of ketones is 1. The minimum absolute atomic E-state index is 0.231. The van der Waals surface area contributed by atoms with Crippen molar-refractivity contribution in [3.05, 3.63) is 84.2 Å². The Labute approximate surface area is 155 Å². The van der Waals surface area contributed by atoms with E-state index in [0.717, 1.165) is 16.3 Å². The Balaban J connectivity index is 1.77. The van der Waals surface area contributed by atoms with Crippen LogP contribution < -0.4 is 0 Å². The number of hydrogen-bond acceptors (Lipinski definition) is 5. The van der Waals surface area contributed by atoms with Gasteiger partial charge in [-0.1, -0.05) is 48.5 Å². The smallest absolute Gasteiger partial charge is 0.303 e. The van der Waals surface area contributed by atoms with E-state index in [1.165, 1.54) is 6.92 Å². The van der Waals surface area contributed by atoms with E-state index in [0.29, 0.717) is 11.2 Å². The van der Waals surface area contributed by atoms with Crippen LogP contribution in [0.1, 0.15) is 29.2 Å². The molecule has 0 saturated carbocycles. The molecule has 2 aromatic heterocycles. The number of pyridine rings is 2. The van der Waals surface area contributed by atoms with Crippen molar-refractivity contribution >= 4 is 33.6 Å². The fourth-order valence-electron chi connectivity index (χ4n) is 2.98. The number of hydrogen-bond donors (Lipinski definition) is 0. The zero-order valence-corrected chi connectivity index (χ0v) is 14.6. The average molecular weight is 356 g/mol. The molecule has 0 saturated heterocycles. The number of carbonyl (C=O) groups excluding carboxylic acids is 2. The molecule has 4 rings (SSSR count). The van der Waals surface area contributed by atoms with Crippen molar-refractivity contribution in [3.63, 3.8) is 0 Å². The number of rotatable bonds is 4. The third kappa shape index (κ3) is 3.40. The number of carbonyl (C=O) groups is 2. The normalized spacial score (nSPS) is 12.0. The van der Waals surface area contributed by atoms with Gasteiger partial charge in [-0.25, -0.2) is 9.97 Å². The van der Waals surface area contributed by atoms with Crippen LogP contribution in [0.5, 0.6) is 0 Å². The third-order valence-electron chi connectivity index (χ3n) is 4.26. The van der Waals surface area contributed by atoms with Gasteiger partial charge in [-0.15, -0.1) is 0 Å². The van der Waals surface area contributed by atoms with Gasteiger partial charge in [-0.2, -0.15) is 0 Å². The number of para-hydroxylation sites is 2. The Morgan fingerprint density at radius 2 is 1.37 bits per heavy atom. The van der Waals surface area contributed by atoms with Gasteiger partial charge < -0.3 is 4.74 Å². The number of nitrogens with zero attached hydrogens (tertiary/aromatic N) is 2. The van der Waals surface area contributed by atoms with Crippen molar-refractivity contribution in [2.75, 3.05) is 0 Å². The zero-order chi connectivity index (χ0) is 18.8. The monoisotopic (exact) mass is 356 g/mol. The van der Waals surface area contributed by atoms with Crippen LogP contribution >= 0.6 is 0 Å². The third-order valence-corrected chi connectivity index (χ3v) is 4.26. The predicted molar refractivity (Wildman–Crippen MR) is 102 cm³/mol. The number of Topliss-reactive ketones (excluding diaryl/α,β-unsaturated/α-hetero) is 1. The molecule has 0 fully saturated rings. The summed E-state index contributed by atoms with van der Waals surface area (Å²) in [5.41, 5.74) is 2.04. The highest BCUT2D eigenvalue weighted by Gasteiger charge is 2.28. The molecule has 0 N–H and O–H groups in total. The first-order chi connectivity index (χ1) is 13.1. The lowest BCUT2D eigenvalue weighted by Gasteiger charge is -2.16. The molecular weight excluding hydrogens is 340 g/mol. The highest BCUT2D eigenvalue weighted by Crippen LogP contribution is 2.24. The fourth-order valence-corrected chi connectivity index (χ4v) is 2.98. The lowest BCUT2D eigenvalue weighted by molar-refractivity contribution is -0.144. The summed E-state index contributed by atoms with van der Waals surface area (Å²) in [5, 5.41) is 1.88. The Bertz CT molecular complexity index is 1170. The summed E-state index contributed by atoms with van der Waals surface area (Å²) in [5.74, 6) is -0.956. The second-order valence-corrected chi connectivity index (χ2v) is 6.17. The van der Waals surface area contributed by atoms with Crippen LogP contribution in [0.2, 0.25) is 0 Å². The molecule has 1 unspecified atom stereocenters. The first-order valence-corrected chi connectivity index (χ1v) is 8.55. The number of aromatic nitrogens is 2. The molecule has 0 radical (unpaired) electrons. The summed E-state index contributed by atoms with van der Waals surface area (Å²) in [6.45, 7) is 1.27. The van der Waals surface area contributed by atoms with Crippen LogP contribution in [-0.4, -0.2) is 21.7 Å². The van der Waals surface area contributed by atoms with E-state index in [1.807, 2.05) is 60.7 Å². The molecule has 27 heavy (non-hydrogen) atoms. The molecule has 132 valence electrons. The van der Waals surface area contributed by atoms with Gasteiger partial charge in [0.1, 0.15) is 5.69 Å². The Kier molecular flexibility index (Phi) is 4.34. The average Bonchev–Trinajstić information content (AvgIpc) is 2.70. The second-order valence-electron chi connectivity index (χ2n) is 6.17. The van der Waals surface area contributed by atoms with E-state index < -0.39 is 17.9 Å². The Hall–Kier alpha value is -3.60. The molecule has 1 atom stereocenters. The molecule has 0 amide bonds. The van der Waals surface area contributed by atoms with Crippen molar-refractivity contribution in [2.24, 2.45) is 0 Å². The zero-order valence-electron chi connectivity index (χ0n) is 14.6. The summed E-state index contributed by atoms with van der Waals surface area (Å²) < 4.78 is 5.32. The van der Waals surface area contributed by atoms with E-state index in [1.54, 1.807) is 12.1 Å². The standard InChI is InChI=1S/C22H16N2O3/c1-14(25)27-22(20-13-11-16-7-3-5-9-18(16)24-20)21(26)19-12-10-15-6-2-4-8-17(15)23-19/h2-13,22H,1H3. The van der Waals surface area contributed by atoms with E-state index in [2.05, 4.69) is 9.97 Å². The molecule has 5 heteroatoms. The maximum Gasteiger partial charge on any atom is 0.303 e. The Morgan fingerprint density at radius 3 is 2.04 bits per heavy atom. The van der Waals surface area contributed by atoms with Crippen LogP contribution in [0, 0.1) is 0 Å². The quantitative estimate of drug-likeness (QED) is 0.403. The second kappa shape index (κ2) is 6.96. The number of ether oxygens (including phenoxy) is 1. The van der Waals surface area contributed by atoms with Gasteiger partial charge in [-0.05, 0) is 24.3 Å². The van der Waals surface area contributed by atoms with Crippen molar-refractivity contribution < 1.29 is 14.3 Å². The van der Waals surface area contributed by atoms with E-state index >= 15 is 0 Å². The Morgan fingerprint density at radius 1 is 0.778 bits per heavy atom. The van der Waals surface area contributed by atoms with E-state index in [-0.39, 0.29) is 5.69 Å². The van der Waals surface area contributed by atoms with Crippen LogP contribution in [0.4, 0.5) is 0 Å². The van der Waals surface area contributed by atoms with Gasteiger partial charge >= 0.3 is 5.97 Å². The SMILES string of the molecule is CC(=O)OC(C(=O)c1ccc2ccccc2n1)c1ccc2ccccc2n1. The van der Waals surface area contributed by atoms with Crippen LogP contribution in [-0.2, 0) is 9.53 Å². The fraction of sp³-hybridized carbons (Fsp3) is 0.0909. The van der Waals surface area contributed by atoms with E-state index in [4.69, 9.17) is 4.74 Å². The van der Waals surface area contributed by atoms with Gasteiger partial charge in [-0.3, -0.25) is 9.59 Å². The summed E-state index contributed by atoms with van der Waals surface area (Å²) >= 11 is 0. The maximum absolute atomic E-state index is 13.1. The molecule has 4 aromatic rings. The molecular formula is C22H16N2O3. The number of benzene rings is 2. The molecule has 0 aliphatic carbocycles. The molecule has 0 aliphatic heterocycles. The first-order valence-electron chi connectivity index (χ1n) is 8.55. The van der Waals surface area contributed by atoms with Gasteiger partial charge in [0, 0.05) is 17.7 Å². The largest absolute Gasteiger partial charge is 0.447 e. The number of esters is 1. The summed E-state index contributed by atoms with van der Waals surface area (Å²) in [6.07, 6.45) is -1.14. The minimum atomic E-state index is -1.14. The van der Waals surface area contributed by atoms with Gasteiger partial charge in [0.15, 0.2) is 0 Å². The highest BCUT2D eigenvalue weighted by molar-refractivity contribution is 6.01. The minimum Gasteiger partial charge on any atom is -0.447 e. The predicted octanol–water partition coefficient (Wildman–Crippen LogP) is 4.27.